The molecule has 0 bridgehead atoms. The summed E-state index contributed by atoms with van der Waals surface area (Å²) in [6.07, 6.45) is 1.65. The number of hydrogen-bond acceptors (Lipinski definition) is 4. The van der Waals surface area contributed by atoms with Crippen LogP contribution in [0.4, 0.5) is 4.39 Å². The van der Waals surface area contributed by atoms with Crippen LogP contribution in [0.2, 0.25) is 0 Å². The van der Waals surface area contributed by atoms with Gasteiger partial charge in [-0.1, -0.05) is 0 Å². The van der Waals surface area contributed by atoms with Crippen LogP contribution in [-0.4, -0.2) is 56.0 Å². The number of likely N-dealkylation sites (N-methyl/N-ethyl adjacent to an activating group) is 1. The minimum absolute atomic E-state index is 0.000526. The van der Waals surface area contributed by atoms with E-state index in [1.165, 1.54) is 16.4 Å². The minimum Gasteiger partial charge on any atom is -0.392 e. The quantitative estimate of drug-likeness (QED) is 0.881. The van der Waals surface area contributed by atoms with Crippen molar-refractivity contribution in [2.75, 3.05) is 27.2 Å². The van der Waals surface area contributed by atoms with Gasteiger partial charge in [-0.15, -0.1) is 0 Å². The van der Waals surface area contributed by atoms with Crippen LogP contribution in [0.25, 0.3) is 0 Å². The van der Waals surface area contributed by atoms with Crippen LogP contribution in [0.15, 0.2) is 23.1 Å². The van der Waals surface area contributed by atoms with Gasteiger partial charge < -0.3 is 10.0 Å². The molecule has 0 amide bonds. The van der Waals surface area contributed by atoms with Crippen LogP contribution < -0.4 is 0 Å². The van der Waals surface area contributed by atoms with Gasteiger partial charge >= 0.3 is 0 Å². The smallest absolute Gasteiger partial charge is 0.243 e. The van der Waals surface area contributed by atoms with Gasteiger partial charge in [-0.25, -0.2) is 12.8 Å². The summed E-state index contributed by atoms with van der Waals surface area (Å²) in [5, 5.41) is 9.09. The molecule has 118 valence electrons. The van der Waals surface area contributed by atoms with Gasteiger partial charge in [-0.05, 0) is 45.1 Å². The molecule has 0 radical (unpaired) electrons. The number of nitrogens with zero attached hydrogens (tertiary/aromatic N) is 2. The van der Waals surface area contributed by atoms with Crippen molar-refractivity contribution in [3.8, 4) is 0 Å². The second kappa shape index (κ2) is 6.39. The van der Waals surface area contributed by atoms with Crippen molar-refractivity contribution in [2.45, 2.75) is 30.4 Å². The monoisotopic (exact) mass is 316 g/mol. The Morgan fingerprint density at radius 1 is 1.43 bits per heavy atom. The third-order valence-electron chi connectivity index (χ3n) is 3.69. The second-order valence-corrected chi connectivity index (χ2v) is 7.48. The van der Waals surface area contributed by atoms with E-state index in [9.17, 15) is 12.8 Å². The molecule has 0 aromatic heterocycles. The first-order valence-corrected chi connectivity index (χ1v) is 8.36. The molecule has 2 rings (SSSR count). The molecule has 1 aromatic rings. The zero-order valence-corrected chi connectivity index (χ0v) is 13.1. The molecule has 1 aromatic carbocycles. The molecular weight excluding hydrogens is 295 g/mol. The number of benzene rings is 1. The molecule has 1 aliphatic rings. The first kappa shape index (κ1) is 16.4. The van der Waals surface area contributed by atoms with Gasteiger partial charge in [0.25, 0.3) is 0 Å². The lowest BCUT2D eigenvalue weighted by molar-refractivity contribution is 0.275. The van der Waals surface area contributed by atoms with E-state index >= 15 is 0 Å². The van der Waals surface area contributed by atoms with E-state index in [-0.39, 0.29) is 16.5 Å². The largest absolute Gasteiger partial charge is 0.392 e. The lowest BCUT2D eigenvalue weighted by atomic mass is 10.2. The average Bonchev–Trinajstić information content (AvgIpc) is 2.87. The average molecular weight is 316 g/mol. The summed E-state index contributed by atoms with van der Waals surface area (Å²) in [5.41, 5.74) is -0.000526. The Hall–Kier alpha value is -1.02. The van der Waals surface area contributed by atoms with Gasteiger partial charge in [-0.3, -0.25) is 0 Å². The highest BCUT2D eigenvalue weighted by Crippen LogP contribution is 2.27. The highest BCUT2D eigenvalue weighted by Gasteiger charge is 2.35. The lowest BCUT2D eigenvalue weighted by Crippen LogP contribution is -2.41. The Labute approximate surface area is 125 Å². The third kappa shape index (κ3) is 3.42. The fourth-order valence-corrected chi connectivity index (χ4v) is 4.43. The minimum atomic E-state index is -3.65. The van der Waals surface area contributed by atoms with E-state index < -0.39 is 22.4 Å². The second-order valence-electron chi connectivity index (χ2n) is 5.59. The molecule has 0 saturated carbocycles. The molecule has 1 heterocycles. The summed E-state index contributed by atoms with van der Waals surface area (Å²) in [6, 6.07) is 3.51. The standard InChI is InChI=1S/C14H21FN2O3S/c1-16(2)9-12-4-3-7-17(12)21(19,20)13-5-6-14(15)11(8-13)10-18/h5-6,8,12,18H,3-4,7,9-10H2,1-2H3. The van der Waals surface area contributed by atoms with Crippen molar-refractivity contribution < 1.29 is 17.9 Å². The van der Waals surface area contributed by atoms with E-state index in [4.69, 9.17) is 5.11 Å². The maximum Gasteiger partial charge on any atom is 0.243 e. The number of hydrogen-bond donors (Lipinski definition) is 1. The summed E-state index contributed by atoms with van der Waals surface area (Å²) < 4.78 is 40.3. The summed E-state index contributed by atoms with van der Waals surface area (Å²) in [6.45, 7) is 0.621. The van der Waals surface area contributed by atoms with Gasteiger partial charge in [0, 0.05) is 24.7 Å². The SMILES string of the molecule is CN(C)CC1CCCN1S(=O)(=O)c1ccc(F)c(CO)c1. The van der Waals surface area contributed by atoms with Gasteiger partial charge in [-0.2, -0.15) is 4.31 Å². The van der Waals surface area contributed by atoms with E-state index in [1.54, 1.807) is 0 Å². The number of rotatable bonds is 5. The normalized spacial score (nSPS) is 20.3. The predicted molar refractivity (Wildman–Crippen MR) is 77.8 cm³/mol. The lowest BCUT2D eigenvalue weighted by Gasteiger charge is -2.26. The fraction of sp³-hybridized carbons (Fsp3) is 0.571. The van der Waals surface area contributed by atoms with Gasteiger partial charge in [0.2, 0.25) is 10.0 Å². The van der Waals surface area contributed by atoms with E-state index in [0.29, 0.717) is 13.1 Å². The van der Waals surface area contributed by atoms with Crippen molar-refractivity contribution in [2.24, 2.45) is 0 Å². The van der Waals surface area contributed by atoms with E-state index in [1.807, 2.05) is 19.0 Å². The molecule has 1 atom stereocenters. The van der Waals surface area contributed by atoms with Crippen LogP contribution in [-0.2, 0) is 16.6 Å². The predicted octanol–water partition coefficient (Wildman–Crippen LogP) is 1.03. The Morgan fingerprint density at radius 3 is 2.76 bits per heavy atom. The summed E-state index contributed by atoms with van der Waals surface area (Å²) in [5.74, 6) is -0.595. The Kier molecular flexibility index (Phi) is 4.98. The molecule has 1 fully saturated rings. The maximum absolute atomic E-state index is 13.4. The summed E-state index contributed by atoms with van der Waals surface area (Å²) >= 11 is 0. The van der Waals surface area contributed by atoms with Gasteiger partial charge in [0.05, 0.1) is 11.5 Å². The van der Waals surface area contributed by atoms with Crippen LogP contribution in [0.5, 0.6) is 0 Å². The van der Waals surface area contributed by atoms with Crippen LogP contribution in [0, 0.1) is 5.82 Å². The number of halogens is 1. The van der Waals surface area contributed by atoms with Crippen molar-refractivity contribution >= 4 is 10.0 Å². The van der Waals surface area contributed by atoms with Crippen molar-refractivity contribution in [3.05, 3.63) is 29.6 Å². The molecule has 0 aliphatic carbocycles. The fourth-order valence-electron chi connectivity index (χ4n) is 2.70. The van der Waals surface area contributed by atoms with Gasteiger partial charge in [0.1, 0.15) is 5.82 Å². The molecule has 1 aliphatic heterocycles. The number of aliphatic hydroxyl groups excluding tert-OH is 1. The molecule has 5 nitrogen and oxygen atoms in total. The third-order valence-corrected chi connectivity index (χ3v) is 5.64. The summed E-state index contributed by atoms with van der Waals surface area (Å²) in [7, 11) is 0.161. The van der Waals surface area contributed by atoms with E-state index in [0.717, 1.165) is 18.9 Å². The molecule has 1 unspecified atom stereocenters. The highest BCUT2D eigenvalue weighted by atomic mass is 32.2. The zero-order chi connectivity index (χ0) is 15.6. The summed E-state index contributed by atoms with van der Waals surface area (Å²) in [4.78, 5) is 2.00. The Balaban J connectivity index is 2.33. The topological polar surface area (TPSA) is 60.9 Å². The van der Waals surface area contributed by atoms with Crippen LogP contribution in [0.1, 0.15) is 18.4 Å². The maximum atomic E-state index is 13.4. The van der Waals surface area contributed by atoms with Crippen molar-refractivity contribution in [3.63, 3.8) is 0 Å². The molecule has 0 spiro atoms. The molecule has 7 heteroatoms. The first-order valence-electron chi connectivity index (χ1n) is 6.92. The molecule has 1 saturated heterocycles. The zero-order valence-electron chi connectivity index (χ0n) is 12.3. The van der Waals surface area contributed by atoms with E-state index in [2.05, 4.69) is 0 Å². The molecule has 1 N–H and O–H groups in total. The Morgan fingerprint density at radius 2 is 2.14 bits per heavy atom. The Bertz CT molecular complexity index is 604. The van der Waals surface area contributed by atoms with Crippen molar-refractivity contribution in [1.29, 1.82) is 0 Å². The number of sulfonamides is 1. The highest BCUT2D eigenvalue weighted by molar-refractivity contribution is 7.89. The van der Waals surface area contributed by atoms with Crippen LogP contribution in [0.3, 0.4) is 0 Å². The number of aliphatic hydroxyl groups is 1. The van der Waals surface area contributed by atoms with Crippen LogP contribution >= 0.6 is 0 Å². The first-order chi connectivity index (χ1) is 9.86. The molecular formula is C14H21FN2O3S. The van der Waals surface area contributed by atoms with Crippen molar-refractivity contribution in [1.82, 2.24) is 9.21 Å². The van der Waals surface area contributed by atoms with Gasteiger partial charge in [0.15, 0.2) is 0 Å². The molecule has 21 heavy (non-hydrogen) atoms.